The van der Waals surface area contributed by atoms with Crippen molar-refractivity contribution in [3.63, 3.8) is 0 Å². The molecule has 0 atom stereocenters. The van der Waals surface area contributed by atoms with Gasteiger partial charge in [0.25, 0.3) is 17.4 Å². The Hall–Kier alpha value is -3.58. The van der Waals surface area contributed by atoms with Gasteiger partial charge in [-0.1, -0.05) is 41.9 Å². The molecule has 0 aliphatic rings. The number of aromatic nitrogens is 1. The lowest BCUT2D eigenvalue weighted by Gasteiger charge is -2.12. The molecule has 2 aromatic carbocycles. The number of halogens is 1. The fraction of sp³-hybridized carbons (Fsp3) is 0.0952. The highest BCUT2D eigenvalue weighted by Crippen LogP contribution is 2.22. The molecule has 148 valence electrons. The van der Waals surface area contributed by atoms with E-state index in [9.17, 15) is 14.4 Å². The molecule has 0 radical (unpaired) electrons. The number of hydrogen-bond donors (Lipinski definition) is 2. The Labute approximate surface area is 171 Å². The second-order valence-electron chi connectivity index (χ2n) is 6.12. The van der Waals surface area contributed by atoms with Gasteiger partial charge in [-0.25, -0.2) is 0 Å². The van der Waals surface area contributed by atoms with Crippen molar-refractivity contribution >= 4 is 23.4 Å². The first-order chi connectivity index (χ1) is 14.0. The van der Waals surface area contributed by atoms with Crippen molar-refractivity contribution in [1.29, 1.82) is 0 Å². The van der Waals surface area contributed by atoms with Gasteiger partial charge in [0.05, 0.1) is 24.8 Å². The van der Waals surface area contributed by atoms with E-state index in [-0.39, 0.29) is 16.7 Å². The highest BCUT2D eigenvalue weighted by molar-refractivity contribution is 6.31. The zero-order valence-electron chi connectivity index (χ0n) is 15.5. The number of carbonyl (C=O) groups is 2. The van der Waals surface area contributed by atoms with Crippen LogP contribution in [0.3, 0.4) is 0 Å². The van der Waals surface area contributed by atoms with Crippen LogP contribution in [0.4, 0.5) is 0 Å². The average Bonchev–Trinajstić information content (AvgIpc) is 2.74. The molecule has 1 aromatic heterocycles. The van der Waals surface area contributed by atoms with E-state index in [1.165, 1.54) is 36.1 Å². The molecule has 8 heteroatoms. The molecule has 0 spiro atoms. The van der Waals surface area contributed by atoms with E-state index in [1.54, 1.807) is 12.1 Å². The van der Waals surface area contributed by atoms with Gasteiger partial charge in [-0.2, -0.15) is 0 Å². The Morgan fingerprint density at radius 2 is 1.72 bits per heavy atom. The minimum atomic E-state index is -0.588. The largest absolute Gasteiger partial charge is 0.496 e. The molecule has 3 aromatic rings. The zero-order valence-corrected chi connectivity index (χ0v) is 16.3. The summed E-state index contributed by atoms with van der Waals surface area (Å²) in [6.45, 7) is 0.326. The summed E-state index contributed by atoms with van der Waals surface area (Å²) in [7, 11) is 1.43. The van der Waals surface area contributed by atoms with E-state index in [1.807, 2.05) is 30.3 Å². The van der Waals surface area contributed by atoms with Gasteiger partial charge in [-0.15, -0.1) is 0 Å². The summed E-state index contributed by atoms with van der Waals surface area (Å²) in [5, 5.41) is 0.357. The van der Waals surface area contributed by atoms with Crippen molar-refractivity contribution in [1.82, 2.24) is 15.4 Å². The number of carbonyl (C=O) groups excluding carboxylic acids is 2. The summed E-state index contributed by atoms with van der Waals surface area (Å²) < 4.78 is 6.55. The Balaban J connectivity index is 1.71. The third kappa shape index (κ3) is 5.03. The van der Waals surface area contributed by atoms with Crippen LogP contribution in [0.2, 0.25) is 5.02 Å². The first kappa shape index (κ1) is 20.2. The Bertz CT molecular complexity index is 1100. The molecule has 0 fully saturated rings. The van der Waals surface area contributed by atoms with E-state index >= 15 is 0 Å². The normalized spacial score (nSPS) is 10.3. The molecule has 1 heterocycles. The van der Waals surface area contributed by atoms with Crippen LogP contribution < -0.4 is 21.1 Å². The van der Waals surface area contributed by atoms with Crippen molar-refractivity contribution in [2.75, 3.05) is 7.11 Å². The first-order valence-corrected chi connectivity index (χ1v) is 9.04. The van der Waals surface area contributed by atoms with Gasteiger partial charge in [0.1, 0.15) is 5.75 Å². The molecule has 0 aliphatic heterocycles. The second kappa shape index (κ2) is 9.07. The minimum Gasteiger partial charge on any atom is -0.496 e. The number of nitrogens with one attached hydrogen (secondary N) is 2. The van der Waals surface area contributed by atoms with E-state index in [4.69, 9.17) is 16.3 Å². The lowest BCUT2D eigenvalue weighted by atomic mass is 10.2. The summed E-state index contributed by atoms with van der Waals surface area (Å²) in [5.74, 6) is -0.839. The van der Waals surface area contributed by atoms with Crippen molar-refractivity contribution in [3.05, 3.63) is 98.9 Å². The van der Waals surface area contributed by atoms with Gasteiger partial charge in [0.15, 0.2) is 0 Å². The standard InChI is InChI=1S/C21H18ClN3O4/c1-29-18-9-8-16(22)11-17(18)21(28)24-23-20(27)15-7-10-19(26)25(13-15)12-14-5-3-2-4-6-14/h2-11,13H,12H2,1H3,(H,23,27)(H,24,28). The van der Waals surface area contributed by atoms with Gasteiger partial charge in [-0.05, 0) is 29.8 Å². The van der Waals surface area contributed by atoms with Crippen molar-refractivity contribution in [2.45, 2.75) is 6.54 Å². The SMILES string of the molecule is COc1ccc(Cl)cc1C(=O)NNC(=O)c1ccc(=O)n(Cc2ccccc2)c1. The number of ether oxygens (including phenoxy) is 1. The third-order valence-corrected chi connectivity index (χ3v) is 4.37. The van der Waals surface area contributed by atoms with Crippen LogP contribution in [-0.2, 0) is 6.54 Å². The van der Waals surface area contributed by atoms with Crippen LogP contribution in [0.1, 0.15) is 26.3 Å². The predicted molar refractivity (Wildman–Crippen MR) is 109 cm³/mol. The smallest absolute Gasteiger partial charge is 0.273 e. The highest BCUT2D eigenvalue weighted by Gasteiger charge is 2.15. The second-order valence-corrected chi connectivity index (χ2v) is 6.56. The first-order valence-electron chi connectivity index (χ1n) is 8.66. The van der Waals surface area contributed by atoms with Crippen molar-refractivity contribution < 1.29 is 14.3 Å². The fourth-order valence-electron chi connectivity index (χ4n) is 2.68. The van der Waals surface area contributed by atoms with Crippen LogP contribution in [0.5, 0.6) is 5.75 Å². The number of rotatable bonds is 5. The fourth-order valence-corrected chi connectivity index (χ4v) is 2.85. The molecule has 2 amide bonds. The van der Waals surface area contributed by atoms with E-state index < -0.39 is 11.8 Å². The Morgan fingerprint density at radius 1 is 1.00 bits per heavy atom. The van der Waals surface area contributed by atoms with Gasteiger partial charge >= 0.3 is 0 Å². The molecule has 29 heavy (non-hydrogen) atoms. The lowest BCUT2D eigenvalue weighted by molar-refractivity contribution is 0.0844. The molecule has 3 rings (SSSR count). The minimum absolute atomic E-state index is 0.175. The van der Waals surface area contributed by atoms with Crippen LogP contribution in [-0.4, -0.2) is 23.5 Å². The number of hydrogen-bond acceptors (Lipinski definition) is 4. The topological polar surface area (TPSA) is 89.4 Å². The molecule has 2 N–H and O–H groups in total. The number of amides is 2. The number of pyridine rings is 1. The summed E-state index contributed by atoms with van der Waals surface area (Å²) in [4.78, 5) is 36.9. The van der Waals surface area contributed by atoms with Crippen molar-refractivity contribution in [2.24, 2.45) is 0 Å². The summed E-state index contributed by atoms with van der Waals surface area (Å²) in [6, 6.07) is 16.7. The zero-order chi connectivity index (χ0) is 20.8. The van der Waals surface area contributed by atoms with Gasteiger partial charge < -0.3 is 9.30 Å². The summed E-state index contributed by atoms with van der Waals surface area (Å²) in [5.41, 5.74) is 5.73. The maximum Gasteiger partial charge on any atom is 0.273 e. The average molecular weight is 412 g/mol. The quantitative estimate of drug-likeness (QED) is 0.631. The molecular formula is C21H18ClN3O4. The summed E-state index contributed by atoms with van der Waals surface area (Å²) in [6.07, 6.45) is 1.44. The Morgan fingerprint density at radius 3 is 2.45 bits per heavy atom. The van der Waals surface area contributed by atoms with Gasteiger partial charge in [0, 0.05) is 17.3 Å². The number of hydrazine groups is 1. The molecule has 0 aliphatic carbocycles. The highest BCUT2D eigenvalue weighted by atomic mass is 35.5. The van der Waals surface area contributed by atoms with E-state index in [2.05, 4.69) is 10.9 Å². The maximum atomic E-state index is 12.4. The molecule has 7 nitrogen and oxygen atoms in total. The monoisotopic (exact) mass is 411 g/mol. The van der Waals surface area contributed by atoms with Crippen LogP contribution in [0.25, 0.3) is 0 Å². The molecule has 0 saturated carbocycles. The summed E-state index contributed by atoms with van der Waals surface area (Å²) >= 11 is 5.92. The maximum absolute atomic E-state index is 12.4. The van der Waals surface area contributed by atoms with Crippen LogP contribution >= 0.6 is 11.6 Å². The Kier molecular flexibility index (Phi) is 6.31. The number of methoxy groups -OCH3 is 1. The van der Waals surface area contributed by atoms with Crippen molar-refractivity contribution in [3.8, 4) is 5.75 Å². The van der Waals surface area contributed by atoms with Gasteiger partial charge in [-0.3, -0.25) is 25.2 Å². The van der Waals surface area contributed by atoms with E-state index in [0.717, 1.165) is 5.56 Å². The molecule has 0 unspecified atom stereocenters. The third-order valence-electron chi connectivity index (χ3n) is 4.14. The number of benzene rings is 2. The molecule has 0 bridgehead atoms. The lowest BCUT2D eigenvalue weighted by Crippen LogP contribution is -2.42. The van der Waals surface area contributed by atoms with Crippen LogP contribution in [0.15, 0.2) is 71.7 Å². The molecular weight excluding hydrogens is 394 g/mol. The van der Waals surface area contributed by atoms with Gasteiger partial charge in [0.2, 0.25) is 0 Å². The van der Waals surface area contributed by atoms with Crippen LogP contribution in [0, 0.1) is 0 Å². The molecule has 0 saturated heterocycles. The number of nitrogens with zero attached hydrogens (tertiary/aromatic N) is 1. The predicted octanol–water partition coefficient (Wildman–Crippen LogP) is 2.63. The van der Waals surface area contributed by atoms with E-state index in [0.29, 0.717) is 17.3 Å².